The molecule has 38 heavy (non-hydrogen) atoms. The highest BCUT2D eigenvalue weighted by molar-refractivity contribution is 6.29. The van der Waals surface area contributed by atoms with Gasteiger partial charge in [0.25, 0.3) is 0 Å². The first-order valence-electron chi connectivity index (χ1n) is 13.5. The molecule has 7 nitrogen and oxygen atoms in total. The monoisotopic (exact) mass is 526 g/mol. The Bertz CT molecular complexity index is 1470. The molecular weight excluding hydrogens is 496 g/mol. The van der Waals surface area contributed by atoms with E-state index in [0.717, 1.165) is 48.8 Å². The molecule has 0 bridgehead atoms. The number of methoxy groups -OCH3 is 1. The summed E-state index contributed by atoms with van der Waals surface area (Å²) in [5.74, 6) is 2.75. The van der Waals surface area contributed by atoms with Crippen molar-refractivity contribution in [2.75, 3.05) is 30.4 Å². The highest BCUT2D eigenvalue weighted by Gasteiger charge is 2.46. The number of nitrogens with one attached hydrogen (secondary N) is 1. The minimum atomic E-state index is 0.290. The standard InChI is InChI=1S/C30H31ClN6O/c1-38-25-15-21(9-12-24(25)36-16-26(31)32-19-36)33-29-34-27-22(20-7-3-2-4-8-20)10-11-23(27)28(35-29)37-17-30(18-37)13-5-6-14-30/h2-4,7-9,12,15-16,19,22H,5-6,10-11,13-14,17-18H2,1H3,(H,33,34,35). The number of imidazole rings is 1. The Morgan fingerprint density at radius 1 is 1.05 bits per heavy atom. The van der Waals surface area contributed by atoms with Gasteiger partial charge in [-0.25, -0.2) is 9.97 Å². The van der Waals surface area contributed by atoms with E-state index in [9.17, 15) is 0 Å². The quantitative estimate of drug-likeness (QED) is 0.308. The fourth-order valence-electron chi connectivity index (χ4n) is 6.65. The normalized spacial score (nSPS) is 19.4. The maximum absolute atomic E-state index is 6.04. The number of fused-ring (bicyclic) bond motifs is 1. The van der Waals surface area contributed by atoms with E-state index in [1.807, 2.05) is 22.8 Å². The molecule has 1 atom stereocenters. The third kappa shape index (κ3) is 4.09. The number of aromatic nitrogens is 4. The van der Waals surface area contributed by atoms with Gasteiger partial charge in [-0.15, -0.1) is 0 Å². The minimum Gasteiger partial charge on any atom is -0.494 e. The van der Waals surface area contributed by atoms with E-state index in [1.165, 1.54) is 36.8 Å². The second kappa shape index (κ2) is 9.31. The van der Waals surface area contributed by atoms with E-state index in [0.29, 0.717) is 22.3 Å². The fraction of sp³-hybridized carbons (Fsp3) is 0.367. The van der Waals surface area contributed by atoms with Crippen molar-refractivity contribution in [3.8, 4) is 11.4 Å². The summed E-state index contributed by atoms with van der Waals surface area (Å²) in [4.78, 5) is 16.8. The topological polar surface area (TPSA) is 68.1 Å². The van der Waals surface area contributed by atoms with Crippen LogP contribution < -0.4 is 15.0 Å². The van der Waals surface area contributed by atoms with Crippen LogP contribution in [0.25, 0.3) is 5.69 Å². The van der Waals surface area contributed by atoms with Crippen LogP contribution in [0.5, 0.6) is 5.75 Å². The molecular formula is C30H31ClN6O. The lowest BCUT2D eigenvalue weighted by Crippen LogP contribution is -2.55. The Morgan fingerprint density at radius 2 is 1.87 bits per heavy atom. The zero-order valence-electron chi connectivity index (χ0n) is 21.5. The molecule has 8 heteroatoms. The fourth-order valence-corrected chi connectivity index (χ4v) is 6.80. The van der Waals surface area contributed by atoms with Gasteiger partial charge < -0.3 is 19.5 Å². The molecule has 1 unspecified atom stereocenters. The van der Waals surface area contributed by atoms with Gasteiger partial charge in [0.05, 0.1) is 18.5 Å². The summed E-state index contributed by atoms with van der Waals surface area (Å²) >= 11 is 6.04. The lowest BCUT2D eigenvalue weighted by atomic mass is 9.78. The highest BCUT2D eigenvalue weighted by Crippen LogP contribution is 2.49. The van der Waals surface area contributed by atoms with E-state index >= 15 is 0 Å². The summed E-state index contributed by atoms with van der Waals surface area (Å²) in [7, 11) is 1.67. The van der Waals surface area contributed by atoms with Crippen molar-refractivity contribution < 1.29 is 4.74 Å². The first-order chi connectivity index (χ1) is 18.6. The van der Waals surface area contributed by atoms with Crippen LogP contribution in [0, 0.1) is 5.41 Å². The summed E-state index contributed by atoms with van der Waals surface area (Å²) in [6.45, 7) is 2.23. The Labute approximate surface area is 227 Å². The van der Waals surface area contributed by atoms with Crippen molar-refractivity contribution in [2.24, 2.45) is 5.41 Å². The number of rotatable bonds is 6. The highest BCUT2D eigenvalue weighted by atomic mass is 35.5. The SMILES string of the molecule is COc1cc(Nc2nc3c(c(N4CC5(CCCC5)C4)n2)CCC3c2ccccc2)ccc1-n1cnc(Cl)c1. The third-order valence-corrected chi connectivity index (χ3v) is 8.71. The van der Waals surface area contributed by atoms with Crippen LogP contribution in [0.15, 0.2) is 61.1 Å². The summed E-state index contributed by atoms with van der Waals surface area (Å²) in [6.07, 6.45) is 11.0. The molecule has 4 aromatic rings. The Morgan fingerprint density at radius 3 is 2.61 bits per heavy atom. The van der Waals surface area contributed by atoms with E-state index < -0.39 is 0 Å². The van der Waals surface area contributed by atoms with Crippen molar-refractivity contribution >= 4 is 29.1 Å². The number of hydrogen-bond acceptors (Lipinski definition) is 6. The minimum absolute atomic E-state index is 0.290. The van der Waals surface area contributed by atoms with Crippen molar-refractivity contribution in [2.45, 2.75) is 44.4 Å². The van der Waals surface area contributed by atoms with Gasteiger partial charge in [-0.1, -0.05) is 54.8 Å². The lowest BCUT2D eigenvalue weighted by molar-refractivity contribution is 0.220. The summed E-state index contributed by atoms with van der Waals surface area (Å²) in [6, 6.07) is 16.7. The van der Waals surface area contributed by atoms with Gasteiger partial charge in [0.1, 0.15) is 23.0 Å². The molecule has 1 N–H and O–H groups in total. The number of hydrogen-bond donors (Lipinski definition) is 1. The van der Waals surface area contributed by atoms with Crippen LogP contribution in [0.1, 0.15) is 54.8 Å². The predicted molar refractivity (Wildman–Crippen MR) is 150 cm³/mol. The van der Waals surface area contributed by atoms with Crippen LogP contribution >= 0.6 is 11.6 Å². The Kier molecular flexibility index (Phi) is 5.77. The molecule has 1 spiro atoms. The summed E-state index contributed by atoms with van der Waals surface area (Å²) in [5, 5.41) is 3.93. The third-order valence-electron chi connectivity index (χ3n) is 8.51. The van der Waals surface area contributed by atoms with Gasteiger partial charge in [-0.05, 0) is 43.4 Å². The maximum Gasteiger partial charge on any atom is 0.229 e. The molecule has 1 saturated carbocycles. The molecule has 2 fully saturated rings. The summed E-state index contributed by atoms with van der Waals surface area (Å²) < 4.78 is 7.55. The zero-order valence-corrected chi connectivity index (χ0v) is 22.3. The Hall–Kier alpha value is -3.58. The van der Waals surface area contributed by atoms with Crippen LogP contribution in [0.4, 0.5) is 17.5 Å². The number of anilines is 3. The van der Waals surface area contributed by atoms with Crippen LogP contribution in [0.2, 0.25) is 5.15 Å². The first-order valence-corrected chi connectivity index (χ1v) is 13.8. The van der Waals surface area contributed by atoms with Crippen molar-refractivity contribution in [1.82, 2.24) is 19.5 Å². The molecule has 7 rings (SSSR count). The zero-order chi connectivity index (χ0) is 25.7. The van der Waals surface area contributed by atoms with E-state index in [2.05, 4.69) is 45.5 Å². The molecule has 2 aromatic carbocycles. The molecule has 0 radical (unpaired) electrons. The van der Waals surface area contributed by atoms with Gasteiger partial charge in [0.2, 0.25) is 5.95 Å². The molecule has 3 aliphatic rings. The molecule has 1 saturated heterocycles. The molecule has 194 valence electrons. The predicted octanol–water partition coefficient (Wildman–Crippen LogP) is 6.53. The molecule has 1 aliphatic heterocycles. The second-order valence-electron chi connectivity index (χ2n) is 10.9. The number of benzene rings is 2. The summed E-state index contributed by atoms with van der Waals surface area (Å²) in [5.41, 5.74) is 6.03. The van der Waals surface area contributed by atoms with Crippen molar-refractivity contribution in [1.29, 1.82) is 0 Å². The van der Waals surface area contributed by atoms with Crippen molar-refractivity contribution in [3.63, 3.8) is 0 Å². The van der Waals surface area contributed by atoms with Crippen LogP contribution in [-0.2, 0) is 6.42 Å². The van der Waals surface area contributed by atoms with E-state index in [-0.39, 0.29) is 5.92 Å². The lowest BCUT2D eigenvalue weighted by Gasteiger charge is -2.49. The first kappa shape index (κ1) is 23.5. The second-order valence-corrected chi connectivity index (χ2v) is 11.3. The molecule has 2 aromatic heterocycles. The van der Waals surface area contributed by atoms with Gasteiger partial charge in [-0.3, -0.25) is 0 Å². The molecule has 3 heterocycles. The Balaban J connectivity index is 1.24. The van der Waals surface area contributed by atoms with Gasteiger partial charge in [0, 0.05) is 47.9 Å². The molecule has 2 aliphatic carbocycles. The van der Waals surface area contributed by atoms with Crippen LogP contribution in [-0.4, -0.2) is 39.7 Å². The molecule has 0 amide bonds. The van der Waals surface area contributed by atoms with E-state index in [1.54, 1.807) is 19.6 Å². The van der Waals surface area contributed by atoms with Crippen molar-refractivity contribution in [3.05, 3.63) is 83.0 Å². The van der Waals surface area contributed by atoms with Gasteiger partial charge in [-0.2, -0.15) is 4.98 Å². The van der Waals surface area contributed by atoms with E-state index in [4.69, 9.17) is 26.3 Å². The average Bonchev–Trinajstić information content (AvgIpc) is 3.68. The smallest absolute Gasteiger partial charge is 0.229 e. The average molecular weight is 527 g/mol. The van der Waals surface area contributed by atoms with Gasteiger partial charge in [0.15, 0.2) is 0 Å². The number of nitrogens with zero attached hydrogens (tertiary/aromatic N) is 5. The van der Waals surface area contributed by atoms with Crippen LogP contribution in [0.3, 0.4) is 0 Å². The number of halogens is 1. The maximum atomic E-state index is 6.04. The van der Waals surface area contributed by atoms with Gasteiger partial charge >= 0.3 is 0 Å². The largest absolute Gasteiger partial charge is 0.494 e. The number of ether oxygens (including phenoxy) is 1.